The van der Waals surface area contributed by atoms with Crippen molar-refractivity contribution in [2.24, 2.45) is 0 Å². The highest BCUT2D eigenvalue weighted by molar-refractivity contribution is 5.89. The molecule has 0 saturated heterocycles. The van der Waals surface area contributed by atoms with Crippen LogP contribution >= 0.6 is 0 Å². The highest BCUT2D eigenvalue weighted by atomic mass is 16.5. The molecule has 0 unspecified atom stereocenters. The lowest BCUT2D eigenvalue weighted by molar-refractivity contribution is 0.0662. The van der Waals surface area contributed by atoms with Crippen LogP contribution in [0.25, 0.3) is 0 Å². The second-order valence-corrected chi connectivity index (χ2v) is 2.24. The van der Waals surface area contributed by atoms with Crippen LogP contribution in [-0.2, 0) is 4.74 Å². The largest absolute Gasteiger partial charge is 0.431 e. The number of hydrogen-bond acceptors (Lipinski definition) is 2. The van der Waals surface area contributed by atoms with E-state index >= 15 is 0 Å². The van der Waals surface area contributed by atoms with Gasteiger partial charge in [0.15, 0.2) is 0 Å². The van der Waals surface area contributed by atoms with Crippen LogP contribution in [0, 0.1) is 0 Å². The van der Waals surface area contributed by atoms with E-state index in [1.807, 2.05) is 6.07 Å². The van der Waals surface area contributed by atoms with E-state index in [1.165, 1.54) is 6.26 Å². The molecule has 0 radical (unpaired) electrons. The van der Waals surface area contributed by atoms with Crippen molar-refractivity contribution in [2.45, 2.75) is 6.92 Å². The summed E-state index contributed by atoms with van der Waals surface area (Å²) in [6.45, 7) is 1.79. The molecule has 0 saturated carbocycles. The lowest BCUT2D eigenvalue weighted by Gasteiger charge is -1.96. The van der Waals surface area contributed by atoms with E-state index in [-0.39, 0.29) is 5.97 Å². The molecule has 62 valence electrons. The first-order chi connectivity index (χ1) is 5.84. The van der Waals surface area contributed by atoms with E-state index in [0.717, 1.165) is 0 Å². The van der Waals surface area contributed by atoms with E-state index in [0.29, 0.717) is 5.56 Å². The van der Waals surface area contributed by atoms with Gasteiger partial charge in [-0.15, -0.1) is 0 Å². The normalized spacial score (nSPS) is 10.1. The van der Waals surface area contributed by atoms with Gasteiger partial charge in [0.1, 0.15) is 0 Å². The van der Waals surface area contributed by atoms with Crippen molar-refractivity contribution in [3.8, 4) is 0 Å². The Bertz CT molecular complexity index is 275. The van der Waals surface area contributed by atoms with E-state index < -0.39 is 0 Å². The third-order valence-electron chi connectivity index (χ3n) is 1.32. The van der Waals surface area contributed by atoms with Gasteiger partial charge < -0.3 is 4.74 Å². The quantitative estimate of drug-likeness (QED) is 0.493. The molecule has 1 aromatic carbocycles. The van der Waals surface area contributed by atoms with Crippen molar-refractivity contribution < 1.29 is 9.53 Å². The summed E-state index contributed by atoms with van der Waals surface area (Å²) in [7, 11) is 0. The molecule has 0 bridgehead atoms. The van der Waals surface area contributed by atoms with Crippen molar-refractivity contribution in [3.05, 3.63) is 48.2 Å². The molecule has 0 spiro atoms. The highest BCUT2D eigenvalue weighted by Gasteiger charge is 2.02. The molecule has 0 heterocycles. The number of ether oxygens (including phenoxy) is 1. The van der Waals surface area contributed by atoms with Crippen LogP contribution in [0.4, 0.5) is 0 Å². The fourth-order valence-electron chi connectivity index (χ4n) is 0.772. The Kier molecular flexibility index (Phi) is 3.08. The summed E-state index contributed by atoms with van der Waals surface area (Å²) >= 11 is 0. The molecule has 2 nitrogen and oxygen atoms in total. The maximum absolute atomic E-state index is 11.1. The number of carbonyl (C=O) groups is 1. The topological polar surface area (TPSA) is 26.3 Å². The molecule has 0 aliphatic carbocycles. The molecule has 1 rings (SSSR count). The van der Waals surface area contributed by atoms with Crippen molar-refractivity contribution >= 4 is 5.97 Å². The first-order valence-electron chi connectivity index (χ1n) is 3.72. The second-order valence-electron chi connectivity index (χ2n) is 2.24. The van der Waals surface area contributed by atoms with E-state index in [9.17, 15) is 4.79 Å². The van der Waals surface area contributed by atoms with Gasteiger partial charge in [-0.05, 0) is 19.1 Å². The minimum absolute atomic E-state index is 0.325. The Hall–Kier alpha value is -1.57. The Morgan fingerprint density at radius 1 is 1.33 bits per heavy atom. The van der Waals surface area contributed by atoms with Crippen LogP contribution in [0.3, 0.4) is 0 Å². The van der Waals surface area contributed by atoms with E-state index in [2.05, 4.69) is 0 Å². The SMILES string of the molecule is C/C=C\OC(=O)c1ccccc1. The van der Waals surface area contributed by atoms with Crippen LogP contribution in [-0.4, -0.2) is 5.97 Å². The van der Waals surface area contributed by atoms with Crippen molar-refractivity contribution in [1.29, 1.82) is 0 Å². The average molecular weight is 162 g/mol. The van der Waals surface area contributed by atoms with Gasteiger partial charge in [-0.3, -0.25) is 0 Å². The fourth-order valence-corrected chi connectivity index (χ4v) is 0.772. The standard InChI is InChI=1S/C10H10O2/c1-2-8-12-10(11)9-6-4-3-5-7-9/h2-8H,1H3/b8-2-. The molecule has 0 N–H and O–H groups in total. The third-order valence-corrected chi connectivity index (χ3v) is 1.32. The number of benzene rings is 1. The molecule has 0 aromatic heterocycles. The number of hydrogen-bond donors (Lipinski definition) is 0. The maximum Gasteiger partial charge on any atom is 0.342 e. The summed E-state index contributed by atoms with van der Waals surface area (Å²) in [5, 5.41) is 0. The third kappa shape index (κ3) is 2.23. The summed E-state index contributed by atoms with van der Waals surface area (Å²) in [6, 6.07) is 8.88. The zero-order valence-electron chi connectivity index (χ0n) is 6.86. The van der Waals surface area contributed by atoms with Gasteiger partial charge in [-0.1, -0.05) is 24.3 Å². The minimum atomic E-state index is -0.325. The summed E-state index contributed by atoms with van der Waals surface area (Å²) in [4.78, 5) is 11.1. The van der Waals surface area contributed by atoms with Gasteiger partial charge >= 0.3 is 5.97 Å². The predicted molar refractivity (Wildman–Crippen MR) is 46.7 cm³/mol. The Morgan fingerprint density at radius 2 is 2.00 bits per heavy atom. The molecule has 12 heavy (non-hydrogen) atoms. The fraction of sp³-hybridized carbons (Fsp3) is 0.100. The van der Waals surface area contributed by atoms with E-state index in [4.69, 9.17) is 4.74 Å². The maximum atomic E-state index is 11.1. The monoisotopic (exact) mass is 162 g/mol. The van der Waals surface area contributed by atoms with Crippen molar-refractivity contribution in [2.75, 3.05) is 0 Å². The smallest absolute Gasteiger partial charge is 0.342 e. The van der Waals surface area contributed by atoms with Crippen LogP contribution in [0.15, 0.2) is 42.7 Å². The number of esters is 1. The number of allylic oxidation sites excluding steroid dienone is 1. The highest BCUT2D eigenvalue weighted by Crippen LogP contribution is 2.00. The summed E-state index contributed by atoms with van der Waals surface area (Å²) in [6.07, 6.45) is 3.04. The van der Waals surface area contributed by atoms with Crippen molar-refractivity contribution in [1.82, 2.24) is 0 Å². The zero-order chi connectivity index (χ0) is 8.81. The van der Waals surface area contributed by atoms with E-state index in [1.54, 1.807) is 37.3 Å². The van der Waals surface area contributed by atoms with Crippen LogP contribution < -0.4 is 0 Å². The Morgan fingerprint density at radius 3 is 2.58 bits per heavy atom. The number of rotatable bonds is 2. The first-order valence-corrected chi connectivity index (χ1v) is 3.72. The molecule has 0 atom stereocenters. The van der Waals surface area contributed by atoms with Gasteiger partial charge in [0.25, 0.3) is 0 Å². The van der Waals surface area contributed by atoms with Gasteiger partial charge in [-0.25, -0.2) is 4.79 Å². The minimum Gasteiger partial charge on any atom is -0.431 e. The summed E-state index contributed by atoms with van der Waals surface area (Å²) in [5.74, 6) is -0.325. The van der Waals surface area contributed by atoms with Crippen LogP contribution in [0.1, 0.15) is 17.3 Å². The lowest BCUT2D eigenvalue weighted by Crippen LogP contribution is -1.99. The molecular weight excluding hydrogens is 152 g/mol. The zero-order valence-corrected chi connectivity index (χ0v) is 6.86. The first kappa shape index (κ1) is 8.53. The van der Waals surface area contributed by atoms with Gasteiger partial charge in [0.05, 0.1) is 11.8 Å². The van der Waals surface area contributed by atoms with Crippen LogP contribution in [0.2, 0.25) is 0 Å². The van der Waals surface area contributed by atoms with Gasteiger partial charge in [-0.2, -0.15) is 0 Å². The summed E-state index contributed by atoms with van der Waals surface area (Å²) < 4.78 is 4.76. The molecule has 2 heteroatoms. The molecule has 0 amide bonds. The second kappa shape index (κ2) is 4.34. The average Bonchev–Trinajstić information content (AvgIpc) is 2.15. The lowest BCUT2D eigenvalue weighted by atomic mass is 10.2. The molecule has 1 aromatic rings. The van der Waals surface area contributed by atoms with Gasteiger partial charge in [0.2, 0.25) is 0 Å². The molecular formula is C10H10O2. The molecule has 0 aliphatic heterocycles. The van der Waals surface area contributed by atoms with Crippen LogP contribution in [0.5, 0.6) is 0 Å². The predicted octanol–water partition coefficient (Wildman–Crippen LogP) is 2.38. The Balaban J connectivity index is 2.66. The Labute approximate surface area is 71.5 Å². The summed E-state index contributed by atoms with van der Waals surface area (Å²) in [5.41, 5.74) is 0.565. The van der Waals surface area contributed by atoms with Gasteiger partial charge in [0, 0.05) is 0 Å². The number of carbonyl (C=O) groups excluding carboxylic acids is 1. The molecule has 0 aliphatic rings. The molecule has 0 fully saturated rings. The van der Waals surface area contributed by atoms with Crippen molar-refractivity contribution in [3.63, 3.8) is 0 Å².